The number of carbonyl (C=O) groups is 1. The molecule has 0 atom stereocenters. The first-order chi connectivity index (χ1) is 7.11. The number of hydrogen-bond donors (Lipinski definition) is 1. The van der Waals surface area contributed by atoms with Gasteiger partial charge in [-0.2, -0.15) is 0 Å². The number of carbonyl (C=O) groups excluding carboxylic acids is 1. The molecular weight excluding hydrogens is 188 g/mol. The lowest BCUT2D eigenvalue weighted by Crippen LogP contribution is -2.29. The van der Waals surface area contributed by atoms with Crippen molar-refractivity contribution in [1.82, 2.24) is 4.90 Å². The van der Waals surface area contributed by atoms with E-state index in [0.29, 0.717) is 17.3 Å². The first-order valence-electron chi connectivity index (χ1n) is 5.23. The van der Waals surface area contributed by atoms with E-state index in [1.54, 1.807) is 11.0 Å². The van der Waals surface area contributed by atoms with E-state index in [2.05, 4.69) is 0 Å². The van der Waals surface area contributed by atoms with E-state index in [9.17, 15) is 4.79 Å². The second-order valence-corrected chi connectivity index (χ2v) is 4.18. The summed E-state index contributed by atoms with van der Waals surface area (Å²) in [5.74, 6) is 0.0405. The van der Waals surface area contributed by atoms with E-state index < -0.39 is 0 Å². The maximum absolute atomic E-state index is 12.0. The number of hydrogen-bond acceptors (Lipinski definition) is 2. The molecule has 0 unspecified atom stereocenters. The number of amides is 1. The number of nitrogen functional groups attached to an aromatic ring is 1. The number of aryl methyl sites for hydroxylation is 1. The van der Waals surface area contributed by atoms with E-state index in [1.807, 2.05) is 26.1 Å². The summed E-state index contributed by atoms with van der Waals surface area (Å²) in [6.45, 7) is 1.92. The number of para-hydroxylation sites is 1. The maximum Gasteiger partial charge on any atom is 0.255 e. The van der Waals surface area contributed by atoms with Gasteiger partial charge < -0.3 is 10.6 Å². The summed E-state index contributed by atoms with van der Waals surface area (Å²) in [4.78, 5) is 13.8. The van der Waals surface area contributed by atoms with Crippen molar-refractivity contribution in [1.29, 1.82) is 0 Å². The average Bonchev–Trinajstić information content (AvgIpc) is 3.03. The smallest absolute Gasteiger partial charge is 0.255 e. The van der Waals surface area contributed by atoms with Gasteiger partial charge in [0.05, 0.1) is 5.56 Å². The molecule has 0 heterocycles. The van der Waals surface area contributed by atoms with Crippen LogP contribution in [0.15, 0.2) is 18.2 Å². The number of anilines is 1. The quantitative estimate of drug-likeness (QED) is 0.747. The number of nitrogens with zero attached hydrogens (tertiary/aromatic N) is 1. The highest BCUT2D eigenvalue weighted by Crippen LogP contribution is 2.28. The molecule has 3 nitrogen and oxygen atoms in total. The van der Waals surface area contributed by atoms with Crippen LogP contribution in [0.3, 0.4) is 0 Å². The molecule has 0 aromatic heterocycles. The van der Waals surface area contributed by atoms with Gasteiger partial charge in [0.2, 0.25) is 0 Å². The molecule has 0 spiro atoms. The largest absolute Gasteiger partial charge is 0.398 e. The lowest BCUT2D eigenvalue weighted by molar-refractivity contribution is 0.0786. The molecule has 1 amide bonds. The Morgan fingerprint density at radius 2 is 2.13 bits per heavy atom. The zero-order chi connectivity index (χ0) is 11.0. The highest BCUT2D eigenvalue weighted by Gasteiger charge is 2.30. The van der Waals surface area contributed by atoms with Crippen molar-refractivity contribution in [3.05, 3.63) is 29.3 Å². The Kier molecular flexibility index (Phi) is 2.39. The molecule has 3 heteroatoms. The van der Waals surface area contributed by atoms with Gasteiger partial charge in [0.25, 0.3) is 5.91 Å². The Morgan fingerprint density at radius 3 is 2.73 bits per heavy atom. The van der Waals surface area contributed by atoms with Crippen LogP contribution in [0.1, 0.15) is 28.8 Å². The van der Waals surface area contributed by atoms with Gasteiger partial charge in [0.15, 0.2) is 0 Å². The lowest BCUT2D eigenvalue weighted by Gasteiger charge is -2.17. The van der Waals surface area contributed by atoms with Gasteiger partial charge in [-0.15, -0.1) is 0 Å². The van der Waals surface area contributed by atoms with Crippen LogP contribution >= 0.6 is 0 Å². The molecule has 1 aromatic rings. The molecule has 0 saturated heterocycles. The third kappa shape index (κ3) is 1.82. The summed E-state index contributed by atoms with van der Waals surface area (Å²) in [7, 11) is 1.85. The highest BCUT2D eigenvalue weighted by molar-refractivity contribution is 5.99. The third-order valence-electron chi connectivity index (χ3n) is 2.97. The number of nitrogens with two attached hydrogens (primary N) is 1. The predicted octanol–water partition coefficient (Wildman–Crippen LogP) is 1.81. The highest BCUT2D eigenvalue weighted by atomic mass is 16.2. The van der Waals surface area contributed by atoms with Crippen LogP contribution in [-0.4, -0.2) is 23.9 Å². The summed E-state index contributed by atoms with van der Waals surface area (Å²) in [5, 5.41) is 0. The SMILES string of the molecule is Cc1cccc(C(=O)N(C)C2CC2)c1N. The lowest BCUT2D eigenvalue weighted by atomic mass is 10.1. The Morgan fingerprint density at radius 1 is 1.47 bits per heavy atom. The van der Waals surface area contributed by atoms with Crippen LogP contribution in [0.5, 0.6) is 0 Å². The van der Waals surface area contributed by atoms with Gasteiger partial charge in [-0.05, 0) is 31.4 Å². The van der Waals surface area contributed by atoms with Crippen LogP contribution in [0.4, 0.5) is 5.69 Å². The van der Waals surface area contributed by atoms with Crippen molar-refractivity contribution >= 4 is 11.6 Å². The fourth-order valence-electron chi connectivity index (χ4n) is 1.68. The van der Waals surface area contributed by atoms with Gasteiger partial charge in [-0.3, -0.25) is 4.79 Å². The minimum atomic E-state index is 0.0405. The fourth-order valence-corrected chi connectivity index (χ4v) is 1.68. The molecule has 2 N–H and O–H groups in total. The van der Waals surface area contributed by atoms with Gasteiger partial charge >= 0.3 is 0 Å². The molecule has 1 fully saturated rings. The molecular formula is C12H16N2O. The normalized spacial score (nSPS) is 15.1. The van der Waals surface area contributed by atoms with Crippen LogP contribution in [-0.2, 0) is 0 Å². The van der Waals surface area contributed by atoms with E-state index in [4.69, 9.17) is 5.73 Å². The van der Waals surface area contributed by atoms with Gasteiger partial charge in [0, 0.05) is 18.8 Å². The van der Waals surface area contributed by atoms with Crippen LogP contribution < -0.4 is 5.73 Å². The molecule has 1 aliphatic rings. The molecule has 0 bridgehead atoms. The fraction of sp³-hybridized carbons (Fsp3) is 0.417. The molecule has 0 radical (unpaired) electrons. The molecule has 1 saturated carbocycles. The second kappa shape index (κ2) is 3.57. The summed E-state index contributed by atoms with van der Waals surface area (Å²) in [6.07, 6.45) is 2.24. The standard InChI is InChI=1S/C12H16N2O/c1-8-4-3-5-10(11(8)13)12(15)14(2)9-6-7-9/h3-5,9H,6-7,13H2,1-2H3. The minimum absolute atomic E-state index is 0.0405. The second-order valence-electron chi connectivity index (χ2n) is 4.18. The number of benzene rings is 1. The summed E-state index contributed by atoms with van der Waals surface area (Å²) in [6, 6.07) is 6.02. The van der Waals surface area contributed by atoms with Crippen molar-refractivity contribution in [2.24, 2.45) is 0 Å². The third-order valence-corrected chi connectivity index (χ3v) is 2.97. The monoisotopic (exact) mass is 204 g/mol. The Balaban J connectivity index is 2.28. The molecule has 80 valence electrons. The molecule has 0 aliphatic heterocycles. The Bertz CT molecular complexity index is 397. The van der Waals surface area contributed by atoms with Crippen molar-refractivity contribution < 1.29 is 4.79 Å². The Hall–Kier alpha value is -1.51. The summed E-state index contributed by atoms with van der Waals surface area (Å²) in [5.41, 5.74) is 8.09. The zero-order valence-corrected chi connectivity index (χ0v) is 9.16. The van der Waals surface area contributed by atoms with Gasteiger partial charge in [-0.25, -0.2) is 0 Å². The van der Waals surface area contributed by atoms with E-state index in [-0.39, 0.29) is 5.91 Å². The molecule has 2 rings (SSSR count). The molecule has 1 aromatic carbocycles. The zero-order valence-electron chi connectivity index (χ0n) is 9.16. The topological polar surface area (TPSA) is 46.3 Å². The first-order valence-corrected chi connectivity index (χ1v) is 5.23. The first kappa shape index (κ1) is 10.0. The van der Waals surface area contributed by atoms with Crippen LogP contribution in [0.25, 0.3) is 0 Å². The van der Waals surface area contributed by atoms with Crippen molar-refractivity contribution in [3.8, 4) is 0 Å². The average molecular weight is 204 g/mol. The van der Waals surface area contributed by atoms with Gasteiger partial charge in [0.1, 0.15) is 0 Å². The summed E-state index contributed by atoms with van der Waals surface area (Å²) >= 11 is 0. The predicted molar refractivity (Wildman–Crippen MR) is 60.7 cm³/mol. The van der Waals surface area contributed by atoms with E-state index >= 15 is 0 Å². The minimum Gasteiger partial charge on any atom is -0.398 e. The van der Waals surface area contributed by atoms with Crippen molar-refractivity contribution in [2.75, 3.05) is 12.8 Å². The van der Waals surface area contributed by atoms with E-state index in [0.717, 1.165) is 18.4 Å². The maximum atomic E-state index is 12.0. The van der Waals surface area contributed by atoms with Gasteiger partial charge in [-0.1, -0.05) is 12.1 Å². The van der Waals surface area contributed by atoms with Crippen LogP contribution in [0.2, 0.25) is 0 Å². The Labute approximate surface area is 89.9 Å². The van der Waals surface area contributed by atoms with Crippen LogP contribution in [0, 0.1) is 6.92 Å². The molecule has 1 aliphatic carbocycles. The van der Waals surface area contributed by atoms with Crippen molar-refractivity contribution in [3.63, 3.8) is 0 Å². The number of rotatable bonds is 2. The van der Waals surface area contributed by atoms with Crippen molar-refractivity contribution in [2.45, 2.75) is 25.8 Å². The van der Waals surface area contributed by atoms with E-state index in [1.165, 1.54) is 0 Å². The molecule has 15 heavy (non-hydrogen) atoms. The summed E-state index contributed by atoms with van der Waals surface area (Å²) < 4.78 is 0.